The average Bonchev–Trinajstić information content (AvgIpc) is 2.47. The summed E-state index contributed by atoms with van der Waals surface area (Å²) in [5, 5.41) is 2.36. The van der Waals surface area contributed by atoms with E-state index in [1.54, 1.807) is 49.4 Å². The van der Waals surface area contributed by atoms with Crippen molar-refractivity contribution in [3.8, 4) is 0 Å². The Bertz CT molecular complexity index is 675. The highest BCUT2D eigenvalue weighted by atomic mass is 35.5. The molecule has 0 atom stereocenters. The van der Waals surface area contributed by atoms with E-state index in [1.807, 2.05) is 0 Å². The molecule has 5 nitrogen and oxygen atoms in total. The van der Waals surface area contributed by atoms with E-state index >= 15 is 0 Å². The molecule has 0 aliphatic rings. The first kappa shape index (κ1) is 17.4. The van der Waals surface area contributed by atoms with Crippen LogP contribution in [0, 0.1) is 0 Å². The number of hydrogen-bond donors (Lipinski definition) is 2. The number of nitrogens with two attached hydrogens (primary N) is 1. The van der Waals surface area contributed by atoms with Crippen molar-refractivity contribution in [2.75, 3.05) is 17.3 Å². The number of anilines is 2. The van der Waals surface area contributed by atoms with Crippen molar-refractivity contribution in [3.63, 3.8) is 0 Å². The van der Waals surface area contributed by atoms with Gasteiger partial charge in [0.05, 0.1) is 12.3 Å². The number of carbonyl (C=O) groups is 1. The number of nitrogen functional groups attached to an aromatic ring is 1. The second-order valence-corrected chi connectivity index (χ2v) is 5.61. The maximum Gasteiger partial charge on any atom is 0.429 e. The minimum Gasteiger partial charge on any atom is -0.449 e. The van der Waals surface area contributed by atoms with Crippen LogP contribution in [0.25, 0.3) is 0 Å². The molecular weight excluding hydrogens is 337 g/mol. The Morgan fingerprint density at radius 2 is 1.91 bits per heavy atom. The fourth-order valence-electron chi connectivity index (χ4n) is 2.00. The molecule has 122 valence electrons. The van der Waals surface area contributed by atoms with Gasteiger partial charge >= 0.3 is 6.09 Å². The van der Waals surface area contributed by atoms with Crippen LogP contribution in [0.3, 0.4) is 0 Å². The monoisotopic (exact) mass is 353 g/mol. The van der Waals surface area contributed by atoms with E-state index in [4.69, 9.17) is 33.7 Å². The van der Waals surface area contributed by atoms with Crippen molar-refractivity contribution in [1.82, 2.24) is 5.43 Å². The molecule has 1 amide bonds. The molecule has 0 aliphatic heterocycles. The molecule has 0 bridgehead atoms. The molecular formula is C16H17Cl2N3O2. The maximum absolute atomic E-state index is 12.2. The van der Waals surface area contributed by atoms with Crippen molar-refractivity contribution >= 4 is 40.7 Å². The largest absolute Gasteiger partial charge is 0.449 e. The second kappa shape index (κ2) is 8.06. The van der Waals surface area contributed by atoms with Gasteiger partial charge in [-0.25, -0.2) is 15.2 Å². The predicted molar refractivity (Wildman–Crippen MR) is 93.7 cm³/mol. The van der Waals surface area contributed by atoms with Crippen molar-refractivity contribution in [2.45, 2.75) is 13.5 Å². The van der Waals surface area contributed by atoms with Crippen LogP contribution >= 0.6 is 23.2 Å². The van der Waals surface area contributed by atoms with Crippen LogP contribution in [0.2, 0.25) is 10.0 Å². The van der Waals surface area contributed by atoms with Gasteiger partial charge in [-0.05, 0) is 48.9 Å². The molecule has 7 heteroatoms. The average molecular weight is 354 g/mol. The van der Waals surface area contributed by atoms with Crippen molar-refractivity contribution in [2.24, 2.45) is 0 Å². The van der Waals surface area contributed by atoms with Crippen molar-refractivity contribution in [1.29, 1.82) is 0 Å². The molecule has 0 saturated heterocycles. The smallest absolute Gasteiger partial charge is 0.429 e. The SMILES string of the molecule is CCOC(=O)N(NCc1cc(Cl)cc(Cl)c1)c1cccc(N)c1. The molecule has 0 unspecified atom stereocenters. The zero-order valence-electron chi connectivity index (χ0n) is 12.6. The third kappa shape index (κ3) is 5.03. The molecule has 23 heavy (non-hydrogen) atoms. The standard InChI is InChI=1S/C16H17Cl2N3O2/c1-2-23-16(22)21(15-5-3-4-14(19)9-15)20-10-11-6-12(17)8-13(18)7-11/h3-9,20H,2,10,19H2,1H3. The fraction of sp³-hybridized carbons (Fsp3) is 0.188. The van der Waals surface area contributed by atoms with Crippen LogP contribution in [-0.4, -0.2) is 12.7 Å². The van der Waals surface area contributed by atoms with Gasteiger partial charge in [-0.1, -0.05) is 29.3 Å². The van der Waals surface area contributed by atoms with E-state index in [1.165, 1.54) is 5.01 Å². The van der Waals surface area contributed by atoms with E-state index in [2.05, 4.69) is 5.43 Å². The summed E-state index contributed by atoms with van der Waals surface area (Å²) in [5.41, 5.74) is 10.7. The Hall–Kier alpha value is -1.95. The van der Waals surface area contributed by atoms with Crippen LogP contribution in [0.5, 0.6) is 0 Å². The zero-order valence-corrected chi connectivity index (χ0v) is 14.1. The Balaban J connectivity index is 2.19. The summed E-state index contributed by atoms with van der Waals surface area (Å²) in [6.45, 7) is 2.35. The van der Waals surface area contributed by atoms with Crippen LogP contribution < -0.4 is 16.2 Å². The number of ether oxygens (including phenoxy) is 1. The number of nitrogens with one attached hydrogen (secondary N) is 1. The van der Waals surface area contributed by atoms with Gasteiger partial charge in [-0.2, -0.15) is 0 Å². The second-order valence-electron chi connectivity index (χ2n) is 4.74. The summed E-state index contributed by atoms with van der Waals surface area (Å²) in [6, 6.07) is 12.1. The minimum absolute atomic E-state index is 0.266. The number of rotatable bonds is 5. The van der Waals surface area contributed by atoms with E-state index in [9.17, 15) is 4.79 Å². The third-order valence-corrected chi connectivity index (χ3v) is 3.38. The summed E-state index contributed by atoms with van der Waals surface area (Å²) < 4.78 is 5.07. The van der Waals surface area contributed by atoms with Crippen molar-refractivity contribution in [3.05, 3.63) is 58.1 Å². The normalized spacial score (nSPS) is 10.4. The lowest BCUT2D eigenvalue weighted by molar-refractivity contribution is 0.156. The van der Waals surface area contributed by atoms with E-state index in [0.29, 0.717) is 28.0 Å². The van der Waals surface area contributed by atoms with Crippen molar-refractivity contribution < 1.29 is 9.53 Å². The molecule has 0 radical (unpaired) electrons. The molecule has 2 rings (SSSR count). The topological polar surface area (TPSA) is 67.6 Å². The molecule has 0 saturated carbocycles. The Labute approximate surface area is 144 Å². The first-order valence-corrected chi connectivity index (χ1v) is 7.76. The highest BCUT2D eigenvalue weighted by molar-refractivity contribution is 6.34. The van der Waals surface area contributed by atoms with Gasteiger partial charge in [0.25, 0.3) is 0 Å². The molecule has 0 heterocycles. The lowest BCUT2D eigenvalue weighted by Crippen LogP contribution is -2.43. The van der Waals surface area contributed by atoms with Gasteiger partial charge in [-0.15, -0.1) is 0 Å². The number of hydrogen-bond acceptors (Lipinski definition) is 4. The highest BCUT2D eigenvalue weighted by Crippen LogP contribution is 2.20. The number of nitrogens with zero attached hydrogens (tertiary/aromatic N) is 1. The summed E-state index contributed by atoms with van der Waals surface area (Å²) in [6.07, 6.45) is -0.522. The predicted octanol–water partition coefficient (Wildman–Crippen LogP) is 4.24. The summed E-state index contributed by atoms with van der Waals surface area (Å²) in [4.78, 5) is 12.2. The Kier molecular flexibility index (Phi) is 6.10. The number of halogens is 2. The number of hydrazine groups is 1. The van der Waals surface area contributed by atoms with Crippen LogP contribution in [0.4, 0.5) is 16.2 Å². The zero-order chi connectivity index (χ0) is 16.8. The molecule has 2 aromatic rings. The highest BCUT2D eigenvalue weighted by Gasteiger charge is 2.17. The van der Waals surface area contributed by atoms with Gasteiger partial charge < -0.3 is 10.5 Å². The van der Waals surface area contributed by atoms with Crippen LogP contribution in [-0.2, 0) is 11.3 Å². The minimum atomic E-state index is -0.522. The van der Waals surface area contributed by atoms with Gasteiger partial charge in [0.1, 0.15) is 0 Å². The first-order valence-electron chi connectivity index (χ1n) is 7.00. The quantitative estimate of drug-likeness (QED) is 0.622. The Morgan fingerprint density at radius 3 is 2.52 bits per heavy atom. The van der Waals surface area contributed by atoms with Gasteiger partial charge in [0.15, 0.2) is 0 Å². The van der Waals surface area contributed by atoms with E-state index < -0.39 is 6.09 Å². The molecule has 0 spiro atoms. The molecule has 0 aromatic heterocycles. The maximum atomic E-state index is 12.2. The van der Waals surface area contributed by atoms with E-state index in [-0.39, 0.29) is 6.61 Å². The molecule has 0 fully saturated rings. The van der Waals surface area contributed by atoms with Gasteiger partial charge in [0.2, 0.25) is 0 Å². The molecule has 2 aromatic carbocycles. The van der Waals surface area contributed by atoms with Gasteiger partial charge in [-0.3, -0.25) is 0 Å². The van der Waals surface area contributed by atoms with Crippen LogP contribution in [0.1, 0.15) is 12.5 Å². The third-order valence-electron chi connectivity index (χ3n) is 2.94. The molecule has 0 aliphatic carbocycles. The number of benzene rings is 2. The lowest BCUT2D eigenvalue weighted by Gasteiger charge is -2.23. The van der Waals surface area contributed by atoms with Crippen LogP contribution in [0.15, 0.2) is 42.5 Å². The summed E-state index contributed by atoms with van der Waals surface area (Å²) in [7, 11) is 0. The molecule has 3 N–H and O–H groups in total. The first-order chi connectivity index (χ1) is 11.0. The van der Waals surface area contributed by atoms with E-state index in [0.717, 1.165) is 5.56 Å². The number of amides is 1. The Morgan fingerprint density at radius 1 is 1.22 bits per heavy atom. The lowest BCUT2D eigenvalue weighted by atomic mass is 10.2. The summed E-state index contributed by atoms with van der Waals surface area (Å²) >= 11 is 12.0. The summed E-state index contributed by atoms with van der Waals surface area (Å²) in [5.74, 6) is 0. The van der Waals surface area contributed by atoms with Gasteiger partial charge in [0, 0.05) is 22.3 Å². The fourth-order valence-corrected chi connectivity index (χ4v) is 2.57. The number of carbonyl (C=O) groups excluding carboxylic acids is 1.